The molecule has 0 bridgehead atoms. The number of rotatable bonds is 9. The normalized spacial score (nSPS) is 18.4. The van der Waals surface area contributed by atoms with Crippen LogP contribution in [-0.2, 0) is 20.9 Å². The van der Waals surface area contributed by atoms with Gasteiger partial charge in [0.05, 0.1) is 6.61 Å². The van der Waals surface area contributed by atoms with Gasteiger partial charge in [-0.2, -0.15) is 0 Å². The number of carbonyl (C=O) groups is 2. The van der Waals surface area contributed by atoms with Crippen molar-refractivity contribution in [2.75, 3.05) is 33.4 Å². The number of nitrogens with zero attached hydrogens (tertiary/aromatic N) is 1. The van der Waals surface area contributed by atoms with E-state index < -0.39 is 11.4 Å². The highest BCUT2D eigenvalue weighted by atomic mass is 16.5. The Morgan fingerprint density at radius 1 is 1.03 bits per heavy atom. The topological polar surface area (TPSA) is 85.3 Å². The monoisotopic (exact) mass is 399 g/mol. The minimum Gasteiger partial charge on any atom is -0.489 e. The van der Waals surface area contributed by atoms with Crippen LogP contribution in [0.4, 0.5) is 0 Å². The Morgan fingerprint density at radius 2 is 1.69 bits per heavy atom. The highest BCUT2D eigenvalue weighted by Gasteiger charge is 2.46. The van der Waals surface area contributed by atoms with Crippen molar-refractivity contribution in [3.05, 3.63) is 60.2 Å². The summed E-state index contributed by atoms with van der Waals surface area (Å²) in [5, 5.41) is 9.48. The van der Waals surface area contributed by atoms with Crippen molar-refractivity contribution in [1.29, 1.82) is 0 Å². The van der Waals surface area contributed by atoms with Gasteiger partial charge >= 0.3 is 5.97 Å². The first kappa shape index (κ1) is 20.7. The fraction of sp³-hybridized carbons (Fsp3) is 0.364. The summed E-state index contributed by atoms with van der Waals surface area (Å²) in [5.74, 6) is 0.0687. The van der Waals surface area contributed by atoms with Gasteiger partial charge in [-0.15, -0.1) is 0 Å². The number of hydrogen-bond acceptors (Lipinski definition) is 5. The number of hydrogen-bond donors (Lipinski definition) is 1. The third kappa shape index (κ3) is 5.26. The average molecular weight is 399 g/mol. The molecule has 0 saturated carbocycles. The summed E-state index contributed by atoms with van der Waals surface area (Å²) in [4.78, 5) is 25.5. The fourth-order valence-electron chi connectivity index (χ4n) is 3.33. The summed E-state index contributed by atoms with van der Waals surface area (Å²) >= 11 is 0. The third-order valence-corrected chi connectivity index (χ3v) is 5.02. The number of ether oxygens (including phenoxy) is 3. The fourth-order valence-corrected chi connectivity index (χ4v) is 3.33. The van der Waals surface area contributed by atoms with Crippen LogP contribution in [0, 0.1) is 5.41 Å². The molecule has 0 aliphatic carbocycles. The van der Waals surface area contributed by atoms with Crippen LogP contribution in [0.3, 0.4) is 0 Å². The first-order valence-corrected chi connectivity index (χ1v) is 9.42. The lowest BCUT2D eigenvalue weighted by Gasteiger charge is -2.23. The van der Waals surface area contributed by atoms with Crippen LogP contribution in [0.2, 0.25) is 0 Å². The molecule has 1 saturated heterocycles. The third-order valence-electron chi connectivity index (χ3n) is 5.02. The molecule has 1 amide bonds. The number of amides is 1. The van der Waals surface area contributed by atoms with Crippen LogP contribution in [-0.4, -0.2) is 55.3 Å². The van der Waals surface area contributed by atoms with E-state index in [0.717, 1.165) is 5.56 Å². The Morgan fingerprint density at radius 3 is 2.31 bits per heavy atom. The van der Waals surface area contributed by atoms with E-state index in [1.54, 1.807) is 24.3 Å². The molecule has 7 heteroatoms. The van der Waals surface area contributed by atoms with Gasteiger partial charge in [-0.05, 0) is 36.2 Å². The summed E-state index contributed by atoms with van der Waals surface area (Å²) in [5.41, 5.74) is 0.0391. The van der Waals surface area contributed by atoms with E-state index in [4.69, 9.17) is 14.2 Å². The van der Waals surface area contributed by atoms with Crippen LogP contribution in [0.1, 0.15) is 12.0 Å². The minimum absolute atomic E-state index is 0.0808. The van der Waals surface area contributed by atoms with Crippen LogP contribution < -0.4 is 9.47 Å². The minimum atomic E-state index is -1.04. The average Bonchev–Trinajstić information content (AvgIpc) is 3.18. The molecule has 1 atom stereocenters. The summed E-state index contributed by atoms with van der Waals surface area (Å²) in [6, 6.07) is 16.9. The molecule has 1 heterocycles. The molecule has 1 unspecified atom stereocenters. The maximum absolute atomic E-state index is 12.4. The molecule has 7 nitrogen and oxygen atoms in total. The molecule has 0 aromatic heterocycles. The summed E-state index contributed by atoms with van der Waals surface area (Å²) in [6.45, 7) is 0.917. The number of carboxylic acid groups (broad SMARTS) is 1. The van der Waals surface area contributed by atoms with E-state index in [9.17, 15) is 14.7 Å². The number of likely N-dealkylation sites (tertiary alicyclic amines) is 1. The Hall–Kier alpha value is -3.06. The van der Waals surface area contributed by atoms with Gasteiger partial charge in [0.2, 0.25) is 0 Å². The molecule has 2 aromatic rings. The second kappa shape index (κ2) is 9.43. The number of carbonyl (C=O) groups excluding carboxylic acids is 1. The van der Waals surface area contributed by atoms with Crippen LogP contribution >= 0.6 is 0 Å². The Kier molecular flexibility index (Phi) is 6.72. The van der Waals surface area contributed by atoms with Crippen LogP contribution in [0.5, 0.6) is 11.5 Å². The van der Waals surface area contributed by atoms with Crippen molar-refractivity contribution in [1.82, 2.24) is 4.90 Å². The van der Waals surface area contributed by atoms with E-state index in [0.29, 0.717) is 31.1 Å². The van der Waals surface area contributed by atoms with E-state index >= 15 is 0 Å². The standard InChI is InChI=1S/C22H25NO6/c1-27-16-22(21(25)26)11-12-23(15-22)20(24)14-29-19-9-7-18(8-10-19)28-13-17-5-3-2-4-6-17/h2-10H,11-16H2,1H3,(H,25,26). The smallest absolute Gasteiger partial charge is 0.313 e. The lowest BCUT2D eigenvalue weighted by molar-refractivity contribution is -0.151. The summed E-state index contributed by atoms with van der Waals surface area (Å²) < 4.78 is 16.3. The molecule has 1 fully saturated rings. The van der Waals surface area contributed by atoms with E-state index in [1.807, 2.05) is 30.3 Å². The maximum Gasteiger partial charge on any atom is 0.313 e. The van der Waals surface area contributed by atoms with Crippen molar-refractivity contribution in [3.63, 3.8) is 0 Å². The molecule has 154 valence electrons. The second-order valence-corrected chi connectivity index (χ2v) is 7.12. The lowest BCUT2D eigenvalue weighted by Crippen LogP contribution is -2.41. The van der Waals surface area contributed by atoms with E-state index in [2.05, 4.69) is 0 Å². The first-order chi connectivity index (χ1) is 14.0. The Balaban J connectivity index is 1.47. The quantitative estimate of drug-likeness (QED) is 0.698. The number of aliphatic carboxylic acids is 1. The molecule has 0 spiro atoms. The van der Waals surface area contributed by atoms with Crippen LogP contribution in [0.25, 0.3) is 0 Å². The van der Waals surface area contributed by atoms with Crippen molar-refractivity contribution in [3.8, 4) is 11.5 Å². The molecule has 0 radical (unpaired) electrons. The summed E-state index contributed by atoms with van der Waals surface area (Å²) in [6.07, 6.45) is 0.370. The van der Waals surface area contributed by atoms with Gasteiger partial charge in [0.15, 0.2) is 6.61 Å². The number of carboxylic acids is 1. The van der Waals surface area contributed by atoms with Gasteiger partial charge in [0, 0.05) is 20.2 Å². The maximum atomic E-state index is 12.4. The predicted octanol–water partition coefficient (Wildman–Crippen LogP) is 2.59. The highest BCUT2D eigenvalue weighted by molar-refractivity contribution is 5.81. The number of methoxy groups -OCH3 is 1. The molecule has 2 aromatic carbocycles. The Labute approximate surface area is 169 Å². The zero-order valence-corrected chi connectivity index (χ0v) is 16.4. The van der Waals surface area contributed by atoms with E-state index in [-0.39, 0.29) is 25.7 Å². The molecule has 1 aliphatic heterocycles. The van der Waals surface area contributed by atoms with E-state index in [1.165, 1.54) is 12.0 Å². The van der Waals surface area contributed by atoms with Gasteiger partial charge in [-0.1, -0.05) is 30.3 Å². The molecule has 29 heavy (non-hydrogen) atoms. The number of benzene rings is 2. The molecule has 1 N–H and O–H groups in total. The zero-order valence-electron chi connectivity index (χ0n) is 16.4. The molecule has 1 aliphatic rings. The van der Waals surface area contributed by atoms with Crippen molar-refractivity contribution >= 4 is 11.9 Å². The summed E-state index contributed by atoms with van der Waals surface area (Å²) in [7, 11) is 1.46. The largest absolute Gasteiger partial charge is 0.489 e. The lowest BCUT2D eigenvalue weighted by atomic mass is 9.88. The van der Waals surface area contributed by atoms with Crippen molar-refractivity contribution in [2.45, 2.75) is 13.0 Å². The Bertz CT molecular complexity index is 823. The highest BCUT2D eigenvalue weighted by Crippen LogP contribution is 2.31. The van der Waals surface area contributed by atoms with Gasteiger partial charge in [-0.25, -0.2) is 0 Å². The van der Waals surface area contributed by atoms with Crippen LogP contribution in [0.15, 0.2) is 54.6 Å². The van der Waals surface area contributed by atoms with Crippen molar-refractivity contribution in [2.24, 2.45) is 5.41 Å². The second-order valence-electron chi connectivity index (χ2n) is 7.12. The van der Waals surface area contributed by atoms with Gasteiger partial charge in [0.1, 0.15) is 23.5 Å². The SMILES string of the molecule is COCC1(C(=O)O)CCN(C(=O)COc2ccc(OCc3ccccc3)cc2)C1. The van der Waals surface area contributed by atoms with Gasteiger partial charge in [0.25, 0.3) is 5.91 Å². The van der Waals surface area contributed by atoms with Gasteiger partial charge < -0.3 is 24.2 Å². The van der Waals surface area contributed by atoms with Crippen molar-refractivity contribution < 1.29 is 28.9 Å². The van der Waals surface area contributed by atoms with Gasteiger partial charge in [-0.3, -0.25) is 9.59 Å². The molecular formula is C22H25NO6. The zero-order chi connectivity index (χ0) is 20.7. The molecule has 3 rings (SSSR count). The molecular weight excluding hydrogens is 374 g/mol. The first-order valence-electron chi connectivity index (χ1n) is 9.42. The predicted molar refractivity (Wildman–Crippen MR) is 106 cm³/mol.